The molecule has 0 aromatic heterocycles. The highest BCUT2D eigenvalue weighted by atomic mass is 16.5. The van der Waals surface area contributed by atoms with Crippen molar-refractivity contribution in [2.45, 2.75) is 33.2 Å². The first kappa shape index (κ1) is 22.2. The van der Waals surface area contributed by atoms with Gasteiger partial charge >= 0.3 is 5.97 Å². The fraction of sp³-hybridized carbons (Fsp3) is 0.333. The Kier molecular flexibility index (Phi) is 7.18. The van der Waals surface area contributed by atoms with Crippen molar-refractivity contribution in [3.05, 3.63) is 70.8 Å². The molecule has 7 heteroatoms. The second-order valence-electron chi connectivity index (χ2n) is 7.35. The number of benzene rings is 2. The van der Waals surface area contributed by atoms with Crippen LogP contribution < -0.4 is 0 Å². The molecule has 1 heterocycles. The van der Waals surface area contributed by atoms with Crippen molar-refractivity contribution in [2.75, 3.05) is 19.7 Å². The number of amides is 3. The number of nitrogens with zero attached hydrogens (tertiary/aromatic N) is 2. The summed E-state index contributed by atoms with van der Waals surface area (Å²) in [6, 6.07) is 13.5. The molecule has 0 saturated heterocycles. The van der Waals surface area contributed by atoms with Crippen molar-refractivity contribution in [3.8, 4) is 0 Å². The summed E-state index contributed by atoms with van der Waals surface area (Å²) in [5, 5.41) is 0. The van der Waals surface area contributed by atoms with E-state index in [9.17, 15) is 19.2 Å². The summed E-state index contributed by atoms with van der Waals surface area (Å²) in [5.74, 6) is -1.81. The third kappa shape index (κ3) is 4.99. The Morgan fingerprint density at radius 1 is 0.968 bits per heavy atom. The van der Waals surface area contributed by atoms with Crippen LogP contribution in [0.3, 0.4) is 0 Å². The van der Waals surface area contributed by atoms with Gasteiger partial charge in [-0.2, -0.15) is 0 Å². The predicted molar refractivity (Wildman–Crippen MR) is 115 cm³/mol. The Bertz CT molecular complexity index is 987. The van der Waals surface area contributed by atoms with Crippen LogP contribution in [0.5, 0.6) is 0 Å². The van der Waals surface area contributed by atoms with Gasteiger partial charge in [0.25, 0.3) is 17.7 Å². The van der Waals surface area contributed by atoms with E-state index in [-0.39, 0.29) is 35.7 Å². The fourth-order valence-electron chi connectivity index (χ4n) is 3.44. The lowest BCUT2D eigenvalue weighted by Gasteiger charge is -2.20. The molecule has 0 unspecified atom stereocenters. The van der Waals surface area contributed by atoms with E-state index in [1.807, 2.05) is 44.2 Å². The van der Waals surface area contributed by atoms with Crippen molar-refractivity contribution in [3.63, 3.8) is 0 Å². The Balaban J connectivity index is 1.67. The molecule has 0 fully saturated rings. The molecule has 0 aliphatic carbocycles. The van der Waals surface area contributed by atoms with Crippen LogP contribution in [-0.2, 0) is 16.1 Å². The largest absolute Gasteiger partial charge is 0.452 e. The van der Waals surface area contributed by atoms with Gasteiger partial charge in [-0.25, -0.2) is 4.79 Å². The summed E-state index contributed by atoms with van der Waals surface area (Å²) in [5.41, 5.74) is 1.38. The Hall–Kier alpha value is -3.48. The van der Waals surface area contributed by atoms with Crippen LogP contribution in [0.25, 0.3) is 0 Å². The number of ether oxygens (including phenoxy) is 1. The SMILES string of the molecule is CCCCN(CC)C(=O)COC(=O)c1ccc2c(c1)C(=O)N(Cc1ccccc1)C2=O. The number of rotatable bonds is 9. The zero-order chi connectivity index (χ0) is 22.4. The van der Waals surface area contributed by atoms with Gasteiger partial charge in [-0.15, -0.1) is 0 Å². The molecule has 1 aliphatic rings. The van der Waals surface area contributed by atoms with E-state index < -0.39 is 17.8 Å². The molecular formula is C24H26N2O5. The minimum atomic E-state index is -0.704. The minimum absolute atomic E-state index is 0.130. The number of unbranched alkanes of at least 4 members (excludes halogenated alkanes) is 1. The van der Waals surface area contributed by atoms with Crippen LogP contribution in [0.15, 0.2) is 48.5 Å². The molecule has 0 N–H and O–H groups in total. The van der Waals surface area contributed by atoms with E-state index >= 15 is 0 Å². The van der Waals surface area contributed by atoms with Crippen molar-refractivity contribution in [1.29, 1.82) is 0 Å². The van der Waals surface area contributed by atoms with Crippen molar-refractivity contribution < 1.29 is 23.9 Å². The van der Waals surface area contributed by atoms with Gasteiger partial charge < -0.3 is 9.64 Å². The molecule has 3 rings (SSSR count). The summed E-state index contributed by atoms with van der Waals surface area (Å²) in [7, 11) is 0. The molecule has 1 aliphatic heterocycles. The molecule has 2 aromatic carbocycles. The van der Waals surface area contributed by atoms with Crippen LogP contribution in [-0.4, -0.2) is 53.2 Å². The second kappa shape index (κ2) is 10.0. The van der Waals surface area contributed by atoms with Crippen molar-refractivity contribution in [2.24, 2.45) is 0 Å². The lowest BCUT2D eigenvalue weighted by molar-refractivity contribution is -0.134. The second-order valence-corrected chi connectivity index (χ2v) is 7.35. The third-order valence-electron chi connectivity index (χ3n) is 5.23. The maximum Gasteiger partial charge on any atom is 0.338 e. The van der Waals surface area contributed by atoms with Gasteiger partial charge in [0.2, 0.25) is 0 Å². The average molecular weight is 422 g/mol. The van der Waals surface area contributed by atoms with Gasteiger partial charge in [-0.05, 0) is 37.1 Å². The summed E-state index contributed by atoms with van der Waals surface area (Å²) in [4.78, 5) is 52.9. The topological polar surface area (TPSA) is 84.0 Å². The van der Waals surface area contributed by atoms with Gasteiger partial charge in [-0.3, -0.25) is 19.3 Å². The van der Waals surface area contributed by atoms with Crippen LogP contribution >= 0.6 is 0 Å². The number of esters is 1. The highest BCUT2D eigenvalue weighted by Crippen LogP contribution is 2.26. The van der Waals surface area contributed by atoms with Crippen LogP contribution in [0.1, 0.15) is 63.3 Å². The molecule has 2 aromatic rings. The monoisotopic (exact) mass is 422 g/mol. The number of imide groups is 1. The maximum absolute atomic E-state index is 12.8. The normalized spacial score (nSPS) is 12.6. The number of hydrogen-bond donors (Lipinski definition) is 0. The number of hydrogen-bond acceptors (Lipinski definition) is 5. The Morgan fingerprint density at radius 2 is 1.68 bits per heavy atom. The summed E-state index contributed by atoms with van der Waals surface area (Å²) >= 11 is 0. The van der Waals surface area contributed by atoms with E-state index in [1.54, 1.807) is 4.90 Å². The summed E-state index contributed by atoms with van der Waals surface area (Å²) in [6.45, 7) is 4.88. The van der Waals surface area contributed by atoms with Gasteiger partial charge in [0.15, 0.2) is 6.61 Å². The summed E-state index contributed by atoms with van der Waals surface area (Å²) in [6.07, 6.45) is 1.85. The fourth-order valence-corrected chi connectivity index (χ4v) is 3.44. The highest BCUT2D eigenvalue weighted by Gasteiger charge is 2.36. The lowest BCUT2D eigenvalue weighted by atomic mass is 10.1. The first-order chi connectivity index (χ1) is 15.0. The van der Waals surface area contributed by atoms with Crippen molar-refractivity contribution >= 4 is 23.7 Å². The first-order valence-corrected chi connectivity index (χ1v) is 10.4. The molecule has 0 radical (unpaired) electrons. The number of fused-ring (bicyclic) bond motifs is 1. The molecule has 31 heavy (non-hydrogen) atoms. The smallest absolute Gasteiger partial charge is 0.338 e. The molecule has 3 amide bonds. The molecule has 0 atom stereocenters. The zero-order valence-electron chi connectivity index (χ0n) is 17.8. The Morgan fingerprint density at radius 3 is 2.35 bits per heavy atom. The summed E-state index contributed by atoms with van der Waals surface area (Å²) < 4.78 is 5.16. The quantitative estimate of drug-likeness (QED) is 0.457. The molecule has 7 nitrogen and oxygen atoms in total. The zero-order valence-corrected chi connectivity index (χ0v) is 17.8. The van der Waals surface area contributed by atoms with Crippen molar-refractivity contribution in [1.82, 2.24) is 9.80 Å². The molecule has 0 saturated carbocycles. The van der Waals surface area contributed by atoms with E-state index in [0.717, 1.165) is 23.3 Å². The number of carbonyl (C=O) groups excluding carboxylic acids is 4. The van der Waals surface area contributed by atoms with E-state index in [2.05, 4.69) is 0 Å². The van der Waals surface area contributed by atoms with Gasteiger partial charge in [0.1, 0.15) is 0 Å². The number of carbonyl (C=O) groups is 4. The lowest BCUT2D eigenvalue weighted by Crippen LogP contribution is -2.35. The van der Waals surface area contributed by atoms with Crippen LogP contribution in [0, 0.1) is 0 Å². The standard InChI is InChI=1S/C24H26N2O5/c1-3-5-13-25(4-2)21(27)16-31-24(30)18-11-12-19-20(14-18)23(29)26(22(19)28)15-17-9-7-6-8-10-17/h6-12,14H,3-5,13,15-16H2,1-2H3. The Labute approximate surface area is 181 Å². The molecule has 0 bridgehead atoms. The highest BCUT2D eigenvalue weighted by molar-refractivity contribution is 6.21. The van der Waals surface area contributed by atoms with Crippen LogP contribution in [0.2, 0.25) is 0 Å². The molecule has 162 valence electrons. The molecule has 0 spiro atoms. The van der Waals surface area contributed by atoms with Gasteiger partial charge in [0.05, 0.1) is 23.2 Å². The third-order valence-corrected chi connectivity index (χ3v) is 5.23. The predicted octanol–water partition coefficient (Wildman–Crippen LogP) is 3.29. The van der Waals surface area contributed by atoms with Gasteiger partial charge in [-0.1, -0.05) is 43.7 Å². The molecular weight excluding hydrogens is 396 g/mol. The van der Waals surface area contributed by atoms with E-state index in [4.69, 9.17) is 4.74 Å². The number of likely N-dealkylation sites (N-methyl/N-ethyl adjacent to an activating group) is 1. The van der Waals surface area contributed by atoms with E-state index in [0.29, 0.717) is 13.1 Å². The maximum atomic E-state index is 12.8. The first-order valence-electron chi connectivity index (χ1n) is 10.4. The minimum Gasteiger partial charge on any atom is -0.452 e. The van der Waals surface area contributed by atoms with E-state index in [1.165, 1.54) is 18.2 Å². The van der Waals surface area contributed by atoms with Crippen LogP contribution in [0.4, 0.5) is 0 Å². The average Bonchev–Trinajstić information content (AvgIpc) is 3.03. The van der Waals surface area contributed by atoms with Gasteiger partial charge in [0, 0.05) is 13.1 Å².